The number of imidazole rings is 1. The number of fused-ring (bicyclic) bond motifs is 1. The van der Waals surface area contributed by atoms with Crippen molar-refractivity contribution in [3.05, 3.63) is 59.9 Å². The second-order valence-electron chi connectivity index (χ2n) is 6.63. The van der Waals surface area contributed by atoms with Gasteiger partial charge in [-0.2, -0.15) is 0 Å². The maximum atomic E-state index is 13.8. The maximum absolute atomic E-state index is 13.8. The zero-order chi connectivity index (χ0) is 20.5. The summed E-state index contributed by atoms with van der Waals surface area (Å²) in [6, 6.07) is 2.34. The Bertz CT molecular complexity index is 1080. The molecular formula is C18H17F2N7O2. The monoisotopic (exact) mass is 401 g/mol. The minimum absolute atomic E-state index is 0.0804. The smallest absolute Gasteiger partial charge is 0.291 e. The van der Waals surface area contributed by atoms with Crippen LogP contribution >= 0.6 is 0 Å². The summed E-state index contributed by atoms with van der Waals surface area (Å²) in [7, 11) is 1.59. The number of carbonyl (C=O) groups is 2. The Morgan fingerprint density at radius 3 is 2.97 bits per heavy atom. The Morgan fingerprint density at radius 2 is 2.14 bits per heavy atom. The molecule has 1 aliphatic heterocycles. The first kappa shape index (κ1) is 18.7. The van der Waals surface area contributed by atoms with E-state index in [4.69, 9.17) is 0 Å². The molecule has 2 aromatic heterocycles. The number of rotatable bonds is 4. The van der Waals surface area contributed by atoms with Crippen LogP contribution in [-0.2, 0) is 17.9 Å². The summed E-state index contributed by atoms with van der Waals surface area (Å²) in [5.74, 6) is -1.75. The first-order valence-corrected chi connectivity index (χ1v) is 8.85. The topological polar surface area (TPSA) is 97.9 Å². The van der Waals surface area contributed by atoms with Gasteiger partial charge in [-0.1, -0.05) is 0 Å². The van der Waals surface area contributed by atoms with E-state index in [9.17, 15) is 18.4 Å². The fourth-order valence-electron chi connectivity index (χ4n) is 3.17. The molecule has 0 aliphatic carbocycles. The Labute approximate surface area is 164 Å². The minimum atomic E-state index is -0.762. The largest absolute Gasteiger partial charge is 0.337 e. The first-order chi connectivity index (χ1) is 13.9. The quantitative estimate of drug-likeness (QED) is 0.703. The molecule has 0 fully saturated rings. The van der Waals surface area contributed by atoms with Gasteiger partial charge in [-0.05, 0) is 24.6 Å². The van der Waals surface area contributed by atoms with E-state index in [1.54, 1.807) is 19.4 Å². The van der Waals surface area contributed by atoms with Crippen LogP contribution in [0.5, 0.6) is 0 Å². The van der Waals surface area contributed by atoms with Crippen molar-refractivity contribution < 1.29 is 18.4 Å². The van der Waals surface area contributed by atoms with Crippen molar-refractivity contribution in [2.45, 2.75) is 25.6 Å². The van der Waals surface area contributed by atoms with Gasteiger partial charge in [0.2, 0.25) is 11.8 Å². The average molecular weight is 401 g/mol. The van der Waals surface area contributed by atoms with E-state index in [-0.39, 0.29) is 23.8 Å². The second kappa shape index (κ2) is 7.41. The number of likely N-dealkylation sites (N-methyl/N-ethyl adjacent to an activating group) is 1. The number of halogens is 2. The van der Waals surface area contributed by atoms with Gasteiger partial charge in [-0.15, -0.1) is 5.10 Å². The lowest BCUT2D eigenvalue weighted by atomic mass is 10.2. The molecule has 1 aromatic carbocycles. The third-order valence-electron chi connectivity index (χ3n) is 4.67. The van der Waals surface area contributed by atoms with Gasteiger partial charge in [0.05, 0.1) is 6.54 Å². The zero-order valence-electron chi connectivity index (χ0n) is 15.4. The van der Waals surface area contributed by atoms with Gasteiger partial charge >= 0.3 is 0 Å². The molecule has 0 saturated carbocycles. The van der Waals surface area contributed by atoms with Gasteiger partial charge in [0.25, 0.3) is 11.8 Å². The van der Waals surface area contributed by atoms with Crippen LogP contribution in [0, 0.1) is 11.6 Å². The molecule has 150 valence electrons. The van der Waals surface area contributed by atoms with E-state index in [0.717, 1.165) is 18.2 Å². The molecule has 0 spiro atoms. The number of nitrogens with zero attached hydrogens (tertiary/aromatic N) is 6. The molecule has 0 saturated heterocycles. The standard InChI is InChI=1S/C18H17F2N7O2/c1-25-17(29)14(4-6-26-7-5-21-18(25)26)23-16(28)15-22-10-27(24-15)9-11-8-12(19)2-3-13(11)20/h2-3,5,7-8,10,14H,4,6,9H2,1H3,(H,23,28)/t14-/m0/s1. The van der Waals surface area contributed by atoms with E-state index < -0.39 is 23.6 Å². The SMILES string of the molecule is CN1C(=O)[C@@H](NC(=O)c2ncn(Cc3cc(F)ccc3F)n2)CCn2ccnc21. The van der Waals surface area contributed by atoms with Gasteiger partial charge in [0.1, 0.15) is 24.0 Å². The summed E-state index contributed by atoms with van der Waals surface area (Å²) in [6.07, 6.45) is 5.00. The van der Waals surface area contributed by atoms with Crippen molar-refractivity contribution in [2.24, 2.45) is 0 Å². The number of benzene rings is 1. The van der Waals surface area contributed by atoms with Crippen LogP contribution in [0.3, 0.4) is 0 Å². The van der Waals surface area contributed by atoms with Gasteiger partial charge < -0.3 is 9.88 Å². The van der Waals surface area contributed by atoms with Crippen LogP contribution in [0.2, 0.25) is 0 Å². The third kappa shape index (κ3) is 3.71. The molecule has 4 rings (SSSR count). The Kier molecular flexibility index (Phi) is 4.79. The highest BCUT2D eigenvalue weighted by molar-refractivity contribution is 6.00. The molecule has 29 heavy (non-hydrogen) atoms. The molecule has 2 amide bonds. The fraction of sp³-hybridized carbons (Fsp3) is 0.278. The van der Waals surface area contributed by atoms with Crippen molar-refractivity contribution in [2.75, 3.05) is 11.9 Å². The summed E-state index contributed by atoms with van der Waals surface area (Å²) in [5, 5.41) is 6.63. The summed E-state index contributed by atoms with van der Waals surface area (Å²) in [6.45, 7) is 0.424. The molecule has 9 nitrogen and oxygen atoms in total. The summed E-state index contributed by atoms with van der Waals surface area (Å²) in [5.41, 5.74) is 0.0804. The van der Waals surface area contributed by atoms with Crippen molar-refractivity contribution in [1.29, 1.82) is 0 Å². The number of aryl methyl sites for hydroxylation is 1. The lowest BCUT2D eigenvalue weighted by Gasteiger charge is -2.19. The molecule has 0 radical (unpaired) electrons. The Balaban J connectivity index is 1.45. The number of nitrogens with one attached hydrogen (secondary N) is 1. The molecule has 1 aliphatic rings. The minimum Gasteiger partial charge on any atom is -0.337 e. The Morgan fingerprint density at radius 1 is 1.31 bits per heavy atom. The molecule has 0 bridgehead atoms. The number of hydrogen-bond acceptors (Lipinski definition) is 5. The van der Waals surface area contributed by atoms with Gasteiger partial charge in [0, 0.05) is 31.5 Å². The van der Waals surface area contributed by atoms with E-state index in [0.29, 0.717) is 18.9 Å². The Hall–Kier alpha value is -3.63. The van der Waals surface area contributed by atoms with Crippen molar-refractivity contribution >= 4 is 17.8 Å². The van der Waals surface area contributed by atoms with E-state index in [1.165, 1.54) is 15.9 Å². The average Bonchev–Trinajstić information content (AvgIpc) is 3.34. The number of amides is 2. The number of carbonyl (C=O) groups excluding carboxylic acids is 2. The fourth-order valence-corrected chi connectivity index (χ4v) is 3.17. The van der Waals surface area contributed by atoms with Crippen LogP contribution in [0.25, 0.3) is 0 Å². The predicted octanol–water partition coefficient (Wildman–Crippen LogP) is 0.966. The third-order valence-corrected chi connectivity index (χ3v) is 4.67. The normalized spacial score (nSPS) is 16.4. The highest BCUT2D eigenvalue weighted by Crippen LogP contribution is 2.18. The first-order valence-electron chi connectivity index (χ1n) is 8.85. The lowest BCUT2D eigenvalue weighted by Crippen LogP contribution is -2.47. The second-order valence-corrected chi connectivity index (χ2v) is 6.63. The van der Waals surface area contributed by atoms with E-state index in [1.807, 2.05) is 4.57 Å². The van der Waals surface area contributed by atoms with Crippen molar-refractivity contribution in [3.63, 3.8) is 0 Å². The van der Waals surface area contributed by atoms with Crippen LogP contribution < -0.4 is 10.2 Å². The molecular weight excluding hydrogens is 384 g/mol. The van der Waals surface area contributed by atoms with Crippen LogP contribution in [0.1, 0.15) is 22.6 Å². The maximum Gasteiger partial charge on any atom is 0.291 e. The van der Waals surface area contributed by atoms with Gasteiger partial charge in [-0.3, -0.25) is 14.5 Å². The zero-order valence-corrected chi connectivity index (χ0v) is 15.4. The summed E-state index contributed by atoms with van der Waals surface area (Å²) < 4.78 is 30.1. The van der Waals surface area contributed by atoms with Crippen molar-refractivity contribution in [3.8, 4) is 0 Å². The molecule has 3 heterocycles. The van der Waals surface area contributed by atoms with Gasteiger partial charge in [-0.25, -0.2) is 23.4 Å². The molecule has 1 N–H and O–H groups in total. The van der Waals surface area contributed by atoms with Crippen molar-refractivity contribution in [1.82, 2.24) is 29.6 Å². The number of hydrogen-bond donors (Lipinski definition) is 1. The number of anilines is 1. The molecule has 0 unspecified atom stereocenters. The highest BCUT2D eigenvalue weighted by Gasteiger charge is 2.31. The molecule has 3 aromatic rings. The van der Waals surface area contributed by atoms with Crippen LogP contribution in [0.15, 0.2) is 36.9 Å². The lowest BCUT2D eigenvalue weighted by molar-refractivity contribution is -0.120. The molecule has 11 heteroatoms. The van der Waals surface area contributed by atoms with E-state index >= 15 is 0 Å². The van der Waals surface area contributed by atoms with Gasteiger partial charge in [0.15, 0.2) is 0 Å². The van der Waals surface area contributed by atoms with Crippen LogP contribution in [-0.4, -0.2) is 49.2 Å². The number of aromatic nitrogens is 5. The van der Waals surface area contributed by atoms with Crippen LogP contribution in [0.4, 0.5) is 14.7 Å². The molecule has 1 atom stereocenters. The summed E-state index contributed by atoms with van der Waals surface area (Å²) in [4.78, 5) is 34.6. The predicted molar refractivity (Wildman–Crippen MR) is 97.0 cm³/mol. The highest BCUT2D eigenvalue weighted by atomic mass is 19.1. The van der Waals surface area contributed by atoms with E-state index in [2.05, 4.69) is 20.4 Å². The summed E-state index contributed by atoms with van der Waals surface area (Å²) >= 11 is 0.